The summed E-state index contributed by atoms with van der Waals surface area (Å²) in [5, 5.41) is 9.71. The molecule has 0 aliphatic heterocycles. The van der Waals surface area contributed by atoms with Gasteiger partial charge in [0, 0.05) is 14.1 Å². The summed E-state index contributed by atoms with van der Waals surface area (Å²) in [5.74, 6) is 0.316. The average molecular weight is 210 g/mol. The number of hydrogen-bond acceptors (Lipinski definition) is 3. The molecule has 1 aromatic rings. The van der Waals surface area contributed by atoms with E-state index < -0.39 is 5.69 Å². The fourth-order valence-electron chi connectivity index (χ4n) is 1.69. The van der Waals surface area contributed by atoms with Gasteiger partial charge in [0.25, 0.3) is 5.56 Å². The SMILES string of the molecule is Cn1c(O)c(CC2CC2)c(=O)n(C)c1=O. The van der Waals surface area contributed by atoms with Crippen LogP contribution >= 0.6 is 0 Å². The van der Waals surface area contributed by atoms with Crippen LogP contribution in [0.1, 0.15) is 18.4 Å². The molecule has 1 N–H and O–H groups in total. The molecule has 15 heavy (non-hydrogen) atoms. The summed E-state index contributed by atoms with van der Waals surface area (Å²) in [6, 6.07) is 0. The van der Waals surface area contributed by atoms with Crippen molar-refractivity contribution in [3.05, 3.63) is 26.4 Å². The minimum Gasteiger partial charge on any atom is -0.494 e. The van der Waals surface area contributed by atoms with Gasteiger partial charge in [-0.1, -0.05) is 0 Å². The molecule has 0 atom stereocenters. The van der Waals surface area contributed by atoms with Gasteiger partial charge in [-0.3, -0.25) is 13.9 Å². The summed E-state index contributed by atoms with van der Waals surface area (Å²) in [6.07, 6.45) is 2.78. The van der Waals surface area contributed by atoms with Crippen molar-refractivity contribution in [1.82, 2.24) is 9.13 Å². The Hall–Kier alpha value is -1.52. The van der Waals surface area contributed by atoms with Crippen LogP contribution in [0, 0.1) is 5.92 Å². The molecule has 5 heteroatoms. The highest BCUT2D eigenvalue weighted by Crippen LogP contribution is 2.33. The van der Waals surface area contributed by atoms with Gasteiger partial charge < -0.3 is 5.11 Å². The third-order valence-electron chi connectivity index (χ3n) is 2.91. The quantitative estimate of drug-likeness (QED) is 0.731. The Morgan fingerprint density at radius 2 is 1.87 bits per heavy atom. The monoisotopic (exact) mass is 210 g/mol. The summed E-state index contributed by atoms with van der Waals surface area (Å²) in [6.45, 7) is 0. The van der Waals surface area contributed by atoms with Gasteiger partial charge in [0.15, 0.2) is 0 Å². The van der Waals surface area contributed by atoms with Crippen LogP contribution in [-0.2, 0) is 20.5 Å². The van der Waals surface area contributed by atoms with Crippen molar-refractivity contribution < 1.29 is 5.11 Å². The molecule has 5 nitrogen and oxygen atoms in total. The first-order chi connectivity index (χ1) is 7.02. The van der Waals surface area contributed by atoms with E-state index in [0.717, 1.165) is 22.0 Å². The second-order valence-corrected chi connectivity index (χ2v) is 4.16. The molecule has 1 saturated carbocycles. The van der Waals surface area contributed by atoms with Crippen LogP contribution in [-0.4, -0.2) is 14.2 Å². The molecule has 82 valence electrons. The maximum atomic E-state index is 11.7. The number of aromatic hydroxyl groups is 1. The second kappa shape index (κ2) is 3.25. The molecule has 1 aliphatic carbocycles. The largest absolute Gasteiger partial charge is 0.494 e. The van der Waals surface area contributed by atoms with Crippen LogP contribution < -0.4 is 11.2 Å². The maximum Gasteiger partial charge on any atom is 0.333 e. The average Bonchev–Trinajstić information content (AvgIpc) is 3.02. The van der Waals surface area contributed by atoms with Crippen LogP contribution in [0.25, 0.3) is 0 Å². The Balaban J connectivity index is 2.61. The van der Waals surface area contributed by atoms with Gasteiger partial charge in [-0.05, 0) is 25.2 Å². The van der Waals surface area contributed by atoms with Gasteiger partial charge in [-0.25, -0.2) is 4.79 Å². The fraction of sp³-hybridized carbons (Fsp3) is 0.600. The van der Waals surface area contributed by atoms with E-state index in [-0.39, 0.29) is 11.4 Å². The number of hydrogen-bond donors (Lipinski definition) is 1. The lowest BCUT2D eigenvalue weighted by Gasteiger charge is -2.09. The Bertz CT molecular complexity index is 509. The van der Waals surface area contributed by atoms with Crippen molar-refractivity contribution in [3.8, 4) is 5.88 Å². The van der Waals surface area contributed by atoms with Gasteiger partial charge in [0.2, 0.25) is 5.88 Å². The van der Waals surface area contributed by atoms with Crippen LogP contribution in [0.4, 0.5) is 0 Å². The third kappa shape index (κ3) is 1.58. The van der Waals surface area contributed by atoms with Crippen molar-refractivity contribution in [2.75, 3.05) is 0 Å². The summed E-state index contributed by atoms with van der Waals surface area (Å²) in [4.78, 5) is 23.1. The minimum atomic E-state index is -0.489. The van der Waals surface area contributed by atoms with E-state index in [9.17, 15) is 14.7 Å². The number of rotatable bonds is 2. The van der Waals surface area contributed by atoms with Crippen molar-refractivity contribution in [3.63, 3.8) is 0 Å². The number of aromatic nitrogens is 2. The molecule has 0 unspecified atom stereocenters. The zero-order chi connectivity index (χ0) is 11.2. The van der Waals surface area contributed by atoms with E-state index in [0.29, 0.717) is 17.9 Å². The molecule has 2 rings (SSSR count). The van der Waals surface area contributed by atoms with Gasteiger partial charge >= 0.3 is 5.69 Å². The van der Waals surface area contributed by atoms with Crippen molar-refractivity contribution >= 4 is 0 Å². The van der Waals surface area contributed by atoms with Crippen LogP contribution in [0.5, 0.6) is 5.88 Å². The maximum absolute atomic E-state index is 11.7. The first kappa shape index (κ1) is 10.0. The van der Waals surface area contributed by atoms with Gasteiger partial charge in [0.1, 0.15) is 0 Å². The number of nitrogens with zero attached hydrogens (tertiary/aromatic N) is 2. The summed E-state index contributed by atoms with van der Waals surface area (Å²) >= 11 is 0. The minimum absolute atomic E-state index is 0.185. The molecule has 0 saturated heterocycles. The zero-order valence-corrected chi connectivity index (χ0v) is 8.86. The molecule has 1 heterocycles. The van der Waals surface area contributed by atoms with Gasteiger partial charge in [0.05, 0.1) is 5.56 Å². The van der Waals surface area contributed by atoms with E-state index in [4.69, 9.17) is 0 Å². The third-order valence-corrected chi connectivity index (χ3v) is 2.91. The molecular weight excluding hydrogens is 196 g/mol. The zero-order valence-electron chi connectivity index (χ0n) is 8.86. The Labute approximate surface area is 86.6 Å². The molecule has 0 amide bonds. The molecule has 1 fully saturated rings. The second-order valence-electron chi connectivity index (χ2n) is 4.16. The molecule has 1 aromatic heterocycles. The summed E-state index contributed by atoms with van der Waals surface area (Å²) < 4.78 is 2.15. The topological polar surface area (TPSA) is 64.2 Å². The first-order valence-corrected chi connectivity index (χ1v) is 5.00. The van der Waals surface area contributed by atoms with E-state index in [1.54, 1.807) is 0 Å². The van der Waals surface area contributed by atoms with Crippen molar-refractivity contribution in [2.45, 2.75) is 19.3 Å². The fourth-order valence-corrected chi connectivity index (χ4v) is 1.69. The smallest absolute Gasteiger partial charge is 0.333 e. The van der Waals surface area contributed by atoms with E-state index in [2.05, 4.69) is 0 Å². The predicted octanol–water partition coefficient (Wildman–Crippen LogP) is -0.258. The Morgan fingerprint density at radius 1 is 1.27 bits per heavy atom. The van der Waals surface area contributed by atoms with Crippen molar-refractivity contribution in [2.24, 2.45) is 20.0 Å². The molecule has 0 bridgehead atoms. The van der Waals surface area contributed by atoms with Gasteiger partial charge in [-0.2, -0.15) is 0 Å². The highest BCUT2D eigenvalue weighted by Gasteiger charge is 2.26. The van der Waals surface area contributed by atoms with E-state index >= 15 is 0 Å². The standard InChI is InChI=1S/C10H14N2O3/c1-11-8(13)7(5-6-3-4-6)9(14)12(2)10(11)15/h6,13H,3-5H2,1-2H3. The van der Waals surface area contributed by atoms with E-state index in [1.165, 1.54) is 14.1 Å². The van der Waals surface area contributed by atoms with Crippen LogP contribution in [0.15, 0.2) is 9.59 Å². The lowest BCUT2D eigenvalue weighted by atomic mass is 10.1. The molecular formula is C10H14N2O3. The molecule has 1 aliphatic rings. The van der Waals surface area contributed by atoms with Gasteiger partial charge in [-0.15, -0.1) is 0 Å². The molecule has 0 radical (unpaired) electrons. The predicted molar refractivity (Wildman–Crippen MR) is 55.0 cm³/mol. The highest BCUT2D eigenvalue weighted by atomic mass is 16.3. The Kier molecular flexibility index (Phi) is 2.17. The molecule has 0 aromatic carbocycles. The van der Waals surface area contributed by atoms with Crippen LogP contribution in [0.2, 0.25) is 0 Å². The highest BCUT2D eigenvalue weighted by molar-refractivity contribution is 5.24. The van der Waals surface area contributed by atoms with Crippen LogP contribution in [0.3, 0.4) is 0 Å². The van der Waals surface area contributed by atoms with E-state index in [1.807, 2.05) is 0 Å². The first-order valence-electron chi connectivity index (χ1n) is 5.00. The lowest BCUT2D eigenvalue weighted by molar-refractivity contribution is 0.401. The summed E-state index contributed by atoms with van der Waals surface area (Å²) in [5.41, 5.74) is -0.498. The lowest BCUT2D eigenvalue weighted by Crippen LogP contribution is -2.38. The normalized spacial score (nSPS) is 15.6. The van der Waals surface area contributed by atoms with Crippen molar-refractivity contribution in [1.29, 1.82) is 0 Å². The summed E-state index contributed by atoms with van der Waals surface area (Å²) in [7, 11) is 2.90. The Morgan fingerprint density at radius 3 is 2.40 bits per heavy atom. The molecule has 0 spiro atoms.